The van der Waals surface area contributed by atoms with Crippen molar-refractivity contribution in [3.63, 3.8) is 0 Å². The van der Waals surface area contributed by atoms with Crippen molar-refractivity contribution in [1.29, 1.82) is 0 Å². The Morgan fingerprint density at radius 2 is 2.06 bits per heavy atom. The summed E-state index contributed by atoms with van der Waals surface area (Å²) in [6, 6.07) is 16.3. The zero-order chi connectivity index (χ0) is 22.2. The third-order valence-corrected chi connectivity index (χ3v) is 7.06. The van der Waals surface area contributed by atoms with Crippen LogP contribution in [-0.2, 0) is 4.74 Å². The first-order valence-corrected chi connectivity index (χ1v) is 11.9. The summed E-state index contributed by atoms with van der Waals surface area (Å²) < 4.78 is 8.23. The van der Waals surface area contributed by atoms with E-state index in [1.807, 2.05) is 36.5 Å². The van der Waals surface area contributed by atoms with Gasteiger partial charge < -0.3 is 19.5 Å². The van der Waals surface area contributed by atoms with Crippen molar-refractivity contribution in [1.82, 2.24) is 19.8 Å². The van der Waals surface area contributed by atoms with Crippen LogP contribution in [0.1, 0.15) is 47.6 Å². The molecule has 2 aliphatic heterocycles. The highest BCUT2D eigenvalue weighted by molar-refractivity contribution is 7.80. The molecule has 32 heavy (non-hydrogen) atoms. The summed E-state index contributed by atoms with van der Waals surface area (Å²) in [4.78, 5) is 6.96. The molecule has 0 spiro atoms. The van der Waals surface area contributed by atoms with Crippen LogP contribution in [0.2, 0.25) is 5.02 Å². The normalized spacial score (nSPS) is 23.0. The van der Waals surface area contributed by atoms with E-state index in [0.717, 1.165) is 53.2 Å². The Hall–Kier alpha value is -2.41. The molecule has 4 heterocycles. The minimum absolute atomic E-state index is 0.0285. The van der Waals surface area contributed by atoms with Gasteiger partial charge in [0.05, 0.1) is 23.9 Å². The Morgan fingerprint density at radius 3 is 2.78 bits per heavy atom. The summed E-state index contributed by atoms with van der Waals surface area (Å²) in [6.45, 7) is 5.92. The average molecular weight is 467 g/mol. The number of benzene rings is 1. The summed E-state index contributed by atoms with van der Waals surface area (Å²) in [5.41, 5.74) is 5.63. The molecule has 0 amide bonds. The standard InChI is InChI=1S/C25H27ClN4OS/c1-16-13-21(17(2)30(16)19-8-5-7-18(26)14-19)24-23(22-10-3-4-11-27-22)28-25(32)29(24)15-20-9-6-12-31-20/h3-5,7-8,10-11,13-14,20,23-24H,6,9,12,15H2,1-2H3,(H,28,32)/t20-,23-,24+/m0/s1. The highest BCUT2D eigenvalue weighted by atomic mass is 35.5. The molecule has 5 rings (SSSR count). The first kappa shape index (κ1) is 21.4. The van der Waals surface area contributed by atoms with Gasteiger partial charge in [0.2, 0.25) is 0 Å². The van der Waals surface area contributed by atoms with Gasteiger partial charge in [0, 0.05) is 41.4 Å². The number of hydrogen-bond acceptors (Lipinski definition) is 3. The number of rotatable bonds is 5. The number of halogens is 1. The smallest absolute Gasteiger partial charge is 0.170 e. The van der Waals surface area contributed by atoms with Crippen LogP contribution in [-0.4, -0.2) is 38.8 Å². The van der Waals surface area contributed by atoms with E-state index in [4.69, 9.17) is 28.6 Å². The van der Waals surface area contributed by atoms with Gasteiger partial charge in [0.15, 0.2) is 5.11 Å². The van der Waals surface area contributed by atoms with Crippen LogP contribution in [0.15, 0.2) is 54.7 Å². The highest BCUT2D eigenvalue weighted by Gasteiger charge is 2.42. The fourth-order valence-electron chi connectivity index (χ4n) is 5.05. The maximum Gasteiger partial charge on any atom is 0.170 e. The molecule has 166 valence electrons. The second kappa shape index (κ2) is 8.85. The van der Waals surface area contributed by atoms with E-state index in [0.29, 0.717) is 0 Å². The largest absolute Gasteiger partial charge is 0.376 e. The molecule has 2 saturated heterocycles. The Kier molecular flexibility index (Phi) is 5.93. The topological polar surface area (TPSA) is 42.3 Å². The van der Waals surface area contributed by atoms with Gasteiger partial charge in [-0.2, -0.15) is 0 Å². The van der Waals surface area contributed by atoms with Gasteiger partial charge in [-0.25, -0.2) is 0 Å². The van der Waals surface area contributed by atoms with Crippen LogP contribution in [0, 0.1) is 13.8 Å². The van der Waals surface area contributed by atoms with Gasteiger partial charge >= 0.3 is 0 Å². The van der Waals surface area contributed by atoms with Crippen molar-refractivity contribution in [3.05, 3.63) is 82.4 Å². The molecule has 2 fully saturated rings. The Balaban J connectivity index is 1.59. The third kappa shape index (κ3) is 3.91. The van der Waals surface area contributed by atoms with Gasteiger partial charge in [-0.1, -0.05) is 23.7 Å². The summed E-state index contributed by atoms with van der Waals surface area (Å²) in [5.74, 6) is 0. The van der Waals surface area contributed by atoms with E-state index < -0.39 is 0 Å². The lowest BCUT2D eigenvalue weighted by molar-refractivity contribution is 0.0842. The molecule has 2 aromatic heterocycles. The Bertz CT molecular complexity index is 1130. The molecule has 2 aliphatic rings. The van der Waals surface area contributed by atoms with E-state index in [1.165, 1.54) is 11.3 Å². The first-order valence-electron chi connectivity index (χ1n) is 11.1. The maximum absolute atomic E-state index is 6.30. The minimum atomic E-state index is -0.0292. The van der Waals surface area contributed by atoms with E-state index in [2.05, 4.69) is 51.8 Å². The van der Waals surface area contributed by atoms with E-state index in [9.17, 15) is 0 Å². The SMILES string of the molecule is Cc1cc([C@@H]2[C@H](c3ccccn3)NC(=S)N2C[C@@H]2CCCO2)c(C)n1-c1cccc(Cl)c1. The lowest BCUT2D eigenvalue weighted by atomic mass is 9.96. The van der Waals surface area contributed by atoms with Crippen molar-refractivity contribution >= 4 is 28.9 Å². The molecule has 0 unspecified atom stereocenters. The molecule has 7 heteroatoms. The lowest BCUT2D eigenvalue weighted by Gasteiger charge is -2.30. The summed E-state index contributed by atoms with van der Waals surface area (Å²) in [6.07, 6.45) is 4.23. The molecule has 1 aromatic carbocycles. The zero-order valence-electron chi connectivity index (χ0n) is 18.3. The fourth-order valence-corrected chi connectivity index (χ4v) is 5.55. The first-order chi connectivity index (χ1) is 15.5. The quantitative estimate of drug-likeness (QED) is 0.517. The molecule has 1 N–H and O–H groups in total. The van der Waals surface area contributed by atoms with Crippen LogP contribution < -0.4 is 5.32 Å². The number of pyridine rings is 1. The maximum atomic E-state index is 6.30. The van der Waals surface area contributed by atoms with Crippen LogP contribution in [0.3, 0.4) is 0 Å². The van der Waals surface area contributed by atoms with Crippen molar-refractivity contribution in [3.8, 4) is 5.69 Å². The summed E-state index contributed by atoms with van der Waals surface area (Å²) in [7, 11) is 0. The predicted molar refractivity (Wildman–Crippen MR) is 131 cm³/mol. The minimum Gasteiger partial charge on any atom is -0.376 e. The van der Waals surface area contributed by atoms with Crippen molar-refractivity contribution in [2.75, 3.05) is 13.2 Å². The van der Waals surface area contributed by atoms with Gasteiger partial charge in [0.1, 0.15) is 0 Å². The van der Waals surface area contributed by atoms with Crippen LogP contribution in [0.25, 0.3) is 5.69 Å². The van der Waals surface area contributed by atoms with Crippen LogP contribution >= 0.6 is 23.8 Å². The van der Waals surface area contributed by atoms with E-state index >= 15 is 0 Å². The van der Waals surface area contributed by atoms with Gasteiger partial charge in [-0.15, -0.1) is 0 Å². The van der Waals surface area contributed by atoms with E-state index in [-0.39, 0.29) is 18.2 Å². The lowest BCUT2D eigenvalue weighted by Crippen LogP contribution is -2.36. The molecule has 0 radical (unpaired) electrons. The second-order valence-electron chi connectivity index (χ2n) is 8.56. The summed E-state index contributed by atoms with van der Waals surface area (Å²) in [5, 5.41) is 5.04. The summed E-state index contributed by atoms with van der Waals surface area (Å²) >= 11 is 12.1. The number of nitrogens with zero attached hydrogens (tertiary/aromatic N) is 3. The monoisotopic (exact) mass is 466 g/mol. The molecule has 3 aromatic rings. The van der Waals surface area contributed by atoms with Crippen LogP contribution in [0.4, 0.5) is 0 Å². The number of ether oxygens (including phenoxy) is 1. The van der Waals surface area contributed by atoms with Crippen molar-refractivity contribution in [2.24, 2.45) is 0 Å². The van der Waals surface area contributed by atoms with Gasteiger partial charge in [-0.3, -0.25) is 4.98 Å². The highest BCUT2D eigenvalue weighted by Crippen LogP contribution is 2.42. The Morgan fingerprint density at radius 1 is 1.19 bits per heavy atom. The van der Waals surface area contributed by atoms with Crippen molar-refractivity contribution < 1.29 is 4.74 Å². The zero-order valence-corrected chi connectivity index (χ0v) is 19.9. The number of nitrogens with one attached hydrogen (secondary N) is 1. The average Bonchev–Trinajstić information content (AvgIpc) is 3.48. The predicted octanol–water partition coefficient (Wildman–Crippen LogP) is 5.29. The number of hydrogen-bond donors (Lipinski definition) is 1. The third-order valence-electron chi connectivity index (χ3n) is 6.48. The molecular formula is C25H27ClN4OS. The van der Waals surface area contributed by atoms with Crippen LogP contribution in [0.5, 0.6) is 0 Å². The number of thiocarbonyl (C=S) groups is 1. The van der Waals surface area contributed by atoms with Crippen molar-refractivity contribution in [2.45, 2.75) is 44.9 Å². The number of aryl methyl sites for hydroxylation is 1. The Labute approximate surface area is 199 Å². The van der Waals surface area contributed by atoms with Gasteiger partial charge in [-0.05, 0) is 80.9 Å². The molecule has 0 aliphatic carbocycles. The van der Waals surface area contributed by atoms with Gasteiger partial charge in [0.25, 0.3) is 0 Å². The number of aromatic nitrogens is 2. The fraction of sp³-hybridized carbons (Fsp3) is 0.360. The molecule has 5 nitrogen and oxygen atoms in total. The van der Waals surface area contributed by atoms with E-state index in [1.54, 1.807) is 0 Å². The molecule has 0 bridgehead atoms. The molecular weight excluding hydrogens is 440 g/mol. The molecule has 3 atom stereocenters. The molecule has 0 saturated carbocycles. The second-order valence-corrected chi connectivity index (χ2v) is 9.38.